The Bertz CT molecular complexity index is 1230. The second-order valence-electron chi connectivity index (χ2n) is 7.44. The summed E-state index contributed by atoms with van der Waals surface area (Å²) in [5.41, 5.74) is 3.73. The van der Waals surface area contributed by atoms with Crippen LogP contribution in [-0.4, -0.2) is 20.2 Å². The minimum absolute atomic E-state index is 0.106. The molecule has 0 saturated carbocycles. The number of benzene rings is 3. The molecule has 1 N–H and O–H groups in total. The quantitative estimate of drug-likeness (QED) is 0.460. The van der Waals surface area contributed by atoms with E-state index >= 15 is 0 Å². The summed E-state index contributed by atoms with van der Waals surface area (Å²) in [5, 5.41) is 9.67. The number of carbonyl (C=O) groups is 1. The average Bonchev–Trinajstić information content (AvgIpc) is 3.10. The zero-order valence-corrected chi connectivity index (χ0v) is 17.3. The van der Waals surface area contributed by atoms with Gasteiger partial charge in [-0.15, -0.1) is 0 Å². The Morgan fingerprint density at radius 3 is 1.77 bits per heavy atom. The second-order valence-corrected chi connectivity index (χ2v) is 7.44. The smallest absolute Gasteiger partial charge is 0.333 e. The monoisotopic (exact) mass is 412 g/mol. The summed E-state index contributed by atoms with van der Waals surface area (Å²) in [6, 6.07) is 28.9. The highest BCUT2D eigenvalue weighted by Gasteiger charge is 2.26. The predicted molar refractivity (Wildman–Crippen MR) is 122 cm³/mol. The molecule has 0 saturated heterocycles. The summed E-state index contributed by atoms with van der Waals surface area (Å²) >= 11 is 0. The molecule has 4 aromatic rings. The van der Waals surface area contributed by atoms with Crippen molar-refractivity contribution in [2.75, 3.05) is 0 Å². The summed E-state index contributed by atoms with van der Waals surface area (Å²) in [4.78, 5) is 25.6. The van der Waals surface area contributed by atoms with E-state index in [4.69, 9.17) is 0 Å². The molecule has 0 fully saturated rings. The summed E-state index contributed by atoms with van der Waals surface area (Å²) in [7, 11) is 0. The number of hydrogen-bond donors (Lipinski definition) is 1. The number of aliphatic carboxylic acids is 1. The van der Waals surface area contributed by atoms with Crippen molar-refractivity contribution in [2.45, 2.75) is 19.9 Å². The first kappa shape index (κ1) is 20.4. The number of para-hydroxylation sites is 1. The Balaban J connectivity index is 2.09. The Labute approximate surface area is 180 Å². The van der Waals surface area contributed by atoms with Gasteiger partial charge in [0.1, 0.15) is 0 Å². The normalized spacial score (nSPS) is 11.9. The van der Waals surface area contributed by atoms with Crippen molar-refractivity contribution in [1.82, 2.24) is 9.13 Å². The highest BCUT2D eigenvalue weighted by atomic mass is 16.4. The van der Waals surface area contributed by atoms with Crippen molar-refractivity contribution < 1.29 is 9.90 Å². The van der Waals surface area contributed by atoms with E-state index in [0.29, 0.717) is 6.42 Å². The van der Waals surface area contributed by atoms with Gasteiger partial charge in [-0.05, 0) is 18.6 Å². The molecule has 5 heteroatoms. The van der Waals surface area contributed by atoms with Crippen LogP contribution in [0.3, 0.4) is 0 Å². The second kappa shape index (κ2) is 8.88. The molecule has 5 nitrogen and oxygen atoms in total. The fourth-order valence-corrected chi connectivity index (χ4v) is 3.88. The third-order valence-electron chi connectivity index (χ3n) is 5.49. The minimum atomic E-state index is -0.901. The Kier molecular flexibility index (Phi) is 5.85. The highest BCUT2D eigenvalue weighted by Crippen LogP contribution is 2.34. The number of imidazole rings is 1. The molecule has 0 radical (unpaired) electrons. The topological polar surface area (TPSA) is 64.2 Å². The van der Waals surface area contributed by atoms with E-state index < -0.39 is 11.9 Å². The summed E-state index contributed by atoms with van der Waals surface area (Å²) in [6.45, 7) is 1.94. The molecule has 0 aliphatic carbocycles. The lowest BCUT2D eigenvalue weighted by Crippen LogP contribution is -2.29. The van der Waals surface area contributed by atoms with Gasteiger partial charge >= 0.3 is 11.7 Å². The van der Waals surface area contributed by atoms with Crippen LogP contribution in [0.2, 0.25) is 0 Å². The van der Waals surface area contributed by atoms with Crippen molar-refractivity contribution in [2.24, 2.45) is 5.92 Å². The molecule has 1 heterocycles. The average molecular weight is 412 g/mol. The Morgan fingerprint density at radius 2 is 1.29 bits per heavy atom. The van der Waals surface area contributed by atoms with Crippen LogP contribution in [0, 0.1) is 5.92 Å². The number of rotatable bonds is 7. The Morgan fingerprint density at radius 1 is 0.806 bits per heavy atom. The largest absolute Gasteiger partial charge is 0.481 e. The fraction of sp³-hybridized carbons (Fsp3) is 0.154. The third kappa shape index (κ3) is 3.94. The number of carboxylic acids is 1. The van der Waals surface area contributed by atoms with Crippen LogP contribution in [0.4, 0.5) is 0 Å². The molecule has 3 aromatic carbocycles. The van der Waals surface area contributed by atoms with Crippen LogP contribution in [0.15, 0.2) is 95.8 Å². The van der Waals surface area contributed by atoms with Gasteiger partial charge in [-0.2, -0.15) is 0 Å². The molecule has 0 aliphatic rings. The van der Waals surface area contributed by atoms with Gasteiger partial charge in [0.15, 0.2) is 0 Å². The molecular formula is C26H24N2O3. The van der Waals surface area contributed by atoms with Gasteiger partial charge in [0.25, 0.3) is 0 Å². The van der Waals surface area contributed by atoms with Crippen LogP contribution in [0.1, 0.15) is 13.3 Å². The van der Waals surface area contributed by atoms with Gasteiger partial charge in [-0.25, -0.2) is 4.79 Å². The van der Waals surface area contributed by atoms with E-state index in [1.165, 1.54) is 0 Å². The molecule has 4 rings (SSSR count). The third-order valence-corrected chi connectivity index (χ3v) is 5.49. The van der Waals surface area contributed by atoms with E-state index in [0.717, 1.165) is 28.2 Å². The molecule has 0 bridgehead atoms. The lowest BCUT2D eigenvalue weighted by atomic mass is 10.0. The zero-order chi connectivity index (χ0) is 21.8. The van der Waals surface area contributed by atoms with Crippen molar-refractivity contribution in [3.8, 4) is 28.2 Å². The van der Waals surface area contributed by atoms with Crippen molar-refractivity contribution in [3.05, 3.63) is 101 Å². The SMILES string of the molecule is CCC(Cn1c(-c2ccccc2)c(-c2ccccc2)n(-c2ccccc2)c1=O)C(=O)O. The molecule has 1 atom stereocenters. The number of carboxylic acid groups (broad SMARTS) is 1. The maximum absolute atomic E-state index is 13.8. The molecule has 31 heavy (non-hydrogen) atoms. The Hall–Kier alpha value is -3.86. The van der Waals surface area contributed by atoms with Gasteiger partial charge in [0.2, 0.25) is 0 Å². The van der Waals surface area contributed by atoms with Crippen LogP contribution >= 0.6 is 0 Å². The minimum Gasteiger partial charge on any atom is -0.481 e. The summed E-state index contributed by atoms with van der Waals surface area (Å²) in [5.74, 6) is -1.56. The first-order valence-electron chi connectivity index (χ1n) is 10.4. The van der Waals surface area contributed by atoms with Gasteiger partial charge in [0.05, 0.1) is 23.0 Å². The summed E-state index contributed by atoms with van der Waals surface area (Å²) < 4.78 is 3.30. The van der Waals surface area contributed by atoms with Crippen LogP contribution < -0.4 is 5.69 Å². The first-order chi connectivity index (χ1) is 15.1. The zero-order valence-electron chi connectivity index (χ0n) is 17.3. The van der Waals surface area contributed by atoms with E-state index in [2.05, 4.69) is 0 Å². The molecule has 1 unspecified atom stereocenters. The van der Waals surface area contributed by atoms with Crippen LogP contribution in [0.25, 0.3) is 28.2 Å². The highest BCUT2D eigenvalue weighted by molar-refractivity contribution is 5.81. The predicted octanol–water partition coefficient (Wildman–Crippen LogP) is 5.08. The lowest BCUT2D eigenvalue weighted by molar-refractivity contribution is -0.142. The molecule has 0 amide bonds. The molecule has 1 aromatic heterocycles. The molecule has 0 spiro atoms. The van der Waals surface area contributed by atoms with E-state index in [1.54, 1.807) is 9.13 Å². The van der Waals surface area contributed by atoms with E-state index in [-0.39, 0.29) is 12.2 Å². The number of aromatic nitrogens is 2. The van der Waals surface area contributed by atoms with Gasteiger partial charge in [-0.1, -0.05) is 85.8 Å². The first-order valence-corrected chi connectivity index (χ1v) is 10.4. The van der Waals surface area contributed by atoms with E-state index in [9.17, 15) is 14.7 Å². The van der Waals surface area contributed by atoms with Crippen molar-refractivity contribution in [3.63, 3.8) is 0 Å². The van der Waals surface area contributed by atoms with Crippen LogP contribution in [-0.2, 0) is 11.3 Å². The molecule has 156 valence electrons. The van der Waals surface area contributed by atoms with Crippen molar-refractivity contribution in [1.29, 1.82) is 0 Å². The van der Waals surface area contributed by atoms with Gasteiger partial charge in [0, 0.05) is 17.7 Å². The fourth-order valence-electron chi connectivity index (χ4n) is 3.88. The number of hydrogen-bond acceptors (Lipinski definition) is 2. The molecule has 0 aliphatic heterocycles. The van der Waals surface area contributed by atoms with Crippen molar-refractivity contribution >= 4 is 5.97 Å². The maximum Gasteiger partial charge on any atom is 0.333 e. The summed E-state index contributed by atoms with van der Waals surface area (Å²) in [6.07, 6.45) is 0.438. The number of nitrogens with zero attached hydrogens (tertiary/aromatic N) is 2. The molecular weight excluding hydrogens is 388 g/mol. The van der Waals surface area contributed by atoms with Gasteiger partial charge < -0.3 is 5.11 Å². The standard InChI is InChI=1S/C26H24N2O3/c1-2-19(25(29)30)18-27-23(20-12-6-3-7-13-20)24(21-14-8-4-9-15-21)28(26(27)31)22-16-10-5-11-17-22/h3-17,19H,2,18H2,1H3,(H,29,30). The van der Waals surface area contributed by atoms with E-state index in [1.807, 2.05) is 97.9 Å². The van der Waals surface area contributed by atoms with Gasteiger partial charge in [-0.3, -0.25) is 13.9 Å². The van der Waals surface area contributed by atoms with Crippen LogP contribution in [0.5, 0.6) is 0 Å². The lowest BCUT2D eigenvalue weighted by Gasteiger charge is -2.14. The maximum atomic E-state index is 13.8.